The van der Waals surface area contributed by atoms with Crippen LogP contribution in [0.3, 0.4) is 0 Å². The van der Waals surface area contributed by atoms with Crippen LogP contribution in [0.15, 0.2) is 105 Å². The number of nitrogens with zero attached hydrogens (tertiary/aromatic N) is 3. The second-order valence-electron chi connectivity index (χ2n) is 7.83. The van der Waals surface area contributed by atoms with Crippen molar-refractivity contribution in [1.82, 2.24) is 13.7 Å². The summed E-state index contributed by atoms with van der Waals surface area (Å²) in [7, 11) is 1.54. The summed E-state index contributed by atoms with van der Waals surface area (Å²) in [6.07, 6.45) is 0. The fraction of sp³-hybridized carbons (Fsp3) is 0.0385. The van der Waals surface area contributed by atoms with Crippen LogP contribution in [0.1, 0.15) is 0 Å². The van der Waals surface area contributed by atoms with Crippen LogP contribution in [0.2, 0.25) is 0 Å². The number of aryl methyl sites for hydroxylation is 1. The molecule has 8 nitrogen and oxygen atoms in total. The third-order valence-electron chi connectivity index (χ3n) is 5.64. The molecule has 0 aliphatic heterocycles. The van der Waals surface area contributed by atoms with Crippen LogP contribution in [0.4, 0.5) is 17.1 Å². The first kappa shape index (κ1) is 23.6. The monoisotopic (exact) mass is 487 g/mol. The number of nitrogens with one attached hydrogen (secondary N) is 1. The number of nitrogen functional groups attached to an aromatic ring is 1. The molecule has 35 heavy (non-hydrogen) atoms. The molecular weight excluding hydrogens is 466 g/mol. The van der Waals surface area contributed by atoms with Gasteiger partial charge in [0.1, 0.15) is 11.0 Å². The fourth-order valence-electron chi connectivity index (χ4n) is 3.98. The zero-order chi connectivity index (χ0) is 23.8. The maximum absolute atomic E-state index is 13.8. The molecule has 5 aromatic rings. The second-order valence-corrected chi connectivity index (χ2v) is 7.83. The van der Waals surface area contributed by atoms with Gasteiger partial charge < -0.3 is 11.1 Å². The Labute approximate surface area is 205 Å². The van der Waals surface area contributed by atoms with E-state index in [0.717, 1.165) is 4.57 Å². The van der Waals surface area contributed by atoms with E-state index < -0.39 is 11.2 Å². The van der Waals surface area contributed by atoms with Crippen LogP contribution in [0, 0.1) is 0 Å². The molecule has 2 heterocycles. The minimum Gasteiger partial charge on any atom is -0.399 e. The Bertz CT molecular complexity index is 1690. The van der Waals surface area contributed by atoms with Crippen molar-refractivity contribution >= 4 is 40.5 Å². The summed E-state index contributed by atoms with van der Waals surface area (Å²) in [5.41, 5.74) is 6.99. The fourth-order valence-corrected chi connectivity index (χ4v) is 3.98. The van der Waals surface area contributed by atoms with Crippen LogP contribution in [0.25, 0.3) is 22.4 Å². The molecule has 2 aromatic heterocycles. The Kier molecular flexibility index (Phi) is 6.31. The molecule has 3 aromatic carbocycles. The number of benzene rings is 3. The molecule has 0 amide bonds. The van der Waals surface area contributed by atoms with Crippen LogP contribution >= 0.6 is 12.4 Å². The Morgan fingerprint density at radius 1 is 0.743 bits per heavy atom. The van der Waals surface area contributed by atoms with E-state index in [1.807, 2.05) is 12.1 Å². The maximum atomic E-state index is 13.8. The van der Waals surface area contributed by atoms with E-state index in [9.17, 15) is 14.4 Å². The van der Waals surface area contributed by atoms with Gasteiger partial charge in [0.05, 0.1) is 17.1 Å². The summed E-state index contributed by atoms with van der Waals surface area (Å²) in [6, 6.07) is 25.9. The molecule has 0 saturated heterocycles. The predicted octanol–water partition coefficient (Wildman–Crippen LogP) is 3.59. The molecule has 0 fully saturated rings. The standard InChI is InChI=1S/C26H21N5O3.ClH/c1-29-22(32)16-21(28-18-14-12-17(27)13-15-18)23-24(29)30(19-8-4-2-5-9-19)26(34)31(25(23)33)20-10-6-3-7-11-20;/h2-16,28H,27H2,1H3;1H. The topological polar surface area (TPSA) is 104 Å². The third-order valence-corrected chi connectivity index (χ3v) is 5.64. The molecule has 0 aliphatic carbocycles. The number of nitrogens with two attached hydrogens (primary N) is 1. The maximum Gasteiger partial charge on any atom is 0.341 e. The normalized spacial score (nSPS) is 10.7. The quantitative estimate of drug-likeness (QED) is 0.377. The van der Waals surface area contributed by atoms with Gasteiger partial charge in [0.25, 0.3) is 11.1 Å². The molecule has 0 spiro atoms. The molecule has 0 saturated carbocycles. The molecule has 9 heteroatoms. The Balaban J connectivity index is 0.00000289. The number of pyridine rings is 1. The van der Waals surface area contributed by atoms with Gasteiger partial charge in [-0.1, -0.05) is 36.4 Å². The highest BCUT2D eigenvalue weighted by Crippen LogP contribution is 2.24. The molecule has 0 aliphatic rings. The van der Waals surface area contributed by atoms with Crippen LogP contribution in [0.5, 0.6) is 0 Å². The summed E-state index contributed by atoms with van der Waals surface area (Å²) in [5.74, 6) is 0. The predicted molar refractivity (Wildman–Crippen MR) is 142 cm³/mol. The van der Waals surface area contributed by atoms with E-state index in [2.05, 4.69) is 5.32 Å². The number of hydrogen-bond donors (Lipinski definition) is 2. The van der Waals surface area contributed by atoms with Gasteiger partial charge in [-0.15, -0.1) is 12.4 Å². The average molecular weight is 488 g/mol. The van der Waals surface area contributed by atoms with E-state index in [0.29, 0.717) is 28.4 Å². The van der Waals surface area contributed by atoms with Gasteiger partial charge in [-0.3, -0.25) is 14.2 Å². The smallest absolute Gasteiger partial charge is 0.341 e. The number of rotatable bonds is 4. The number of anilines is 3. The van der Waals surface area contributed by atoms with Crippen molar-refractivity contribution < 1.29 is 0 Å². The zero-order valence-electron chi connectivity index (χ0n) is 18.7. The van der Waals surface area contributed by atoms with Crippen molar-refractivity contribution in [2.24, 2.45) is 7.05 Å². The van der Waals surface area contributed by atoms with Gasteiger partial charge >= 0.3 is 5.69 Å². The molecule has 0 bridgehead atoms. The lowest BCUT2D eigenvalue weighted by atomic mass is 10.2. The summed E-state index contributed by atoms with van der Waals surface area (Å²) >= 11 is 0. The van der Waals surface area contributed by atoms with Gasteiger partial charge in [-0.05, 0) is 48.5 Å². The summed E-state index contributed by atoms with van der Waals surface area (Å²) in [5, 5.41) is 3.36. The van der Waals surface area contributed by atoms with Crippen molar-refractivity contribution in [2.45, 2.75) is 0 Å². The number of para-hydroxylation sites is 2. The number of aromatic nitrogens is 3. The molecule has 5 rings (SSSR count). The van der Waals surface area contributed by atoms with Gasteiger partial charge in [0, 0.05) is 24.5 Å². The van der Waals surface area contributed by atoms with Crippen LogP contribution < -0.4 is 27.9 Å². The van der Waals surface area contributed by atoms with Crippen molar-refractivity contribution in [2.75, 3.05) is 11.1 Å². The van der Waals surface area contributed by atoms with Crippen molar-refractivity contribution in [1.29, 1.82) is 0 Å². The lowest BCUT2D eigenvalue weighted by molar-refractivity contribution is 0.784. The van der Waals surface area contributed by atoms with Crippen molar-refractivity contribution in [3.05, 3.63) is 122 Å². The van der Waals surface area contributed by atoms with Crippen LogP contribution in [-0.2, 0) is 7.05 Å². The minimum atomic E-state index is -0.575. The Hall–Kier alpha value is -4.56. The highest BCUT2D eigenvalue weighted by Gasteiger charge is 2.21. The summed E-state index contributed by atoms with van der Waals surface area (Å²) in [6.45, 7) is 0. The largest absolute Gasteiger partial charge is 0.399 e. The van der Waals surface area contributed by atoms with Crippen molar-refractivity contribution in [3.8, 4) is 11.4 Å². The second kappa shape index (κ2) is 9.36. The van der Waals surface area contributed by atoms with Gasteiger partial charge in [-0.2, -0.15) is 0 Å². The summed E-state index contributed by atoms with van der Waals surface area (Å²) in [4.78, 5) is 40.5. The van der Waals surface area contributed by atoms with Gasteiger partial charge in [0.15, 0.2) is 0 Å². The van der Waals surface area contributed by atoms with E-state index >= 15 is 0 Å². The SMILES string of the molecule is Cl.Cn1c(=O)cc(Nc2ccc(N)cc2)c2c(=O)n(-c3ccccc3)c(=O)n(-c3ccccc3)c21. The molecule has 3 N–H and O–H groups in total. The lowest BCUT2D eigenvalue weighted by Gasteiger charge is -2.19. The van der Waals surface area contributed by atoms with Crippen molar-refractivity contribution in [3.63, 3.8) is 0 Å². The summed E-state index contributed by atoms with van der Waals surface area (Å²) < 4.78 is 3.82. The van der Waals surface area contributed by atoms with E-state index in [1.54, 1.807) is 79.8 Å². The first-order valence-electron chi connectivity index (χ1n) is 10.6. The molecular formula is C26H22ClN5O3. The van der Waals surface area contributed by atoms with Gasteiger partial charge in [-0.25, -0.2) is 13.9 Å². The highest BCUT2D eigenvalue weighted by atomic mass is 35.5. The Morgan fingerprint density at radius 2 is 1.29 bits per heavy atom. The lowest BCUT2D eigenvalue weighted by Crippen LogP contribution is -2.40. The van der Waals surface area contributed by atoms with E-state index in [-0.39, 0.29) is 29.0 Å². The third kappa shape index (κ3) is 4.11. The molecule has 0 atom stereocenters. The average Bonchev–Trinajstić information content (AvgIpc) is 2.85. The first-order valence-corrected chi connectivity index (χ1v) is 10.6. The number of halogens is 1. The minimum absolute atomic E-state index is 0. The van der Waals surface area contributed by atoms with Crippen LogP contribution in [-0.4, -0.2) is 13.7 Å². The van der Waals surface area contributed by atoms with E-state index in [4.69, 9.17) is 5.73 Å². The Morgan fingerprint density at radius 3 is 1.86 bits per heavy atom. The van der Waals surface area contributed by atoms with Gasteiger partial charge in [0.2, 0.25) is 0 Å². The molecule has 0 unspecified atom stereocenters. The number of fused-ring (bicyclic) bond motifs is 1. The zero-order valence-corrected chi connectivity index (χ0v) is 19.5. The molecule has 176 valence electrons. The number of hydrogen-bond acceptors (Lipinski definition) is 5. The molecule has 0 radical (unpaired) electrons. The first-order chi connectivity index (χ1) is 16.5. The highest BCUT2D eigenvalue weighted by molar-refractivity contribution is 5.91. The van der Waals surface area contributed by atoms with E-state index in [1.165, 1.54) is 15.2 Å².